The van der Waals surface area contributed by atoms with Crippen LogP contribution in [0.2, 0.25) is 0 Å². The molecule has 1 aliphatic carbocycles. The summed E-state index contributed by atoms with van der Waals surface area (Å²) < 4.78 is 0. The lowest BCUT2D eigenvalue weighted by Gasteiger charge is -2.34. The Bertz CT molecular complexity index is 914. The molecule has 0 heterocycles. The van der Waals surface area contributed by atoms with Gasteiger partial charge in [-0.1, -0.05) is 85.5 Å². The molecule has 2 aromatic rings. The maximum atomic E-state index is 6.50. The van der Waals surface area contributed by atoms with Crippen molar-refractivity contribution in [3.8, 4) is 0 Å². The molecule has 1 nitrogen and oxygen atoms in total. The van der Waals surface area contributed by atoms with Gasteiger partial charge in [0, 0.05) is 11.3 Å². The number of benzene rings is 2. The standard InChI is InChI=1S/C26H27N/c1-5-13-23-19(3)26(21-15-9-7-10-16-21,22-17-11-8-12-18-22)20(4)25(23)24(27)14-6-2/h5-18H,4,27H2,1-3H3/b13-5-,14-6-,25-24-. The van der Waals surface area contributed by atoms with Crippen molar-refractivity contribution in [2.75, 3.05) is 0 Å². The van der Waals surface area contributed by atoms with Gasteiger partial charge in [0.2, 0.25) is 0 Å². The van der Waals surface area contributed by atoms with Crippen molar-refractivity contribution >= 4 is 0 Å². The molecule has 1 aliphatic rings. The molecule has 0 unspecified atom stereocenters. The molecule has 27 heavy (non-hydrogen) atoms. The Hall–Kier alpha value is -3.06. The lowest BCUT2D eigenvalue weighted by molar-refractivity contribution is 0.742. The highest BCUT2D eigenvalue weighted by atomic mass is 14.6. The van der Waals surface area contributed by atoms with Gasteiger partial charge in [0.15, 0.2) is 0 Å². The molecular formula is C26H27N. The molecular weight excluding hydrogens is 326 g/mol. The number of allylic oxidation sites excluding steroid dienone is 8. The van der Waals surface area contributed by atoms with E-state index >= 15 is 0 Å². The largest absolute Gasteiger partial charge is 0.398 e. The molecule has 0 atom stereocenters. The molecule has 0 amide bonds. The maximum absolute atomic E-state index is 6.50. The summed E-state index contributed by atoms with van der Waals surface area (Å²) in [6.07, 6.45) is 8.16. The van der Waals surface area contributed by atoms with Crippen molar-refractivity contribution in [3.63, 3.8) is 0 Å². The lowest BCUT2D eigenvalue weighted by atomic mass is 9.67. The first-order chi connectivity index (χ1) is 13.1. The molecule has 0 bridgehead atoms. The van der Waals surface area contributed by atoms with Gasteiger partial charge in [0.05, 0.1) is 5.41 Å². The van der Waals surface area contributed by atoms with Crippen molar-refractivity contribution < 1.29 is 0 Å². The Balaban J connectivity index is 2.45. The topological polar surface area (TPSA) is 26.0 Å². The Morgan fingerprint density at radius 2 is 1.41 bits per heavy atom. The van der Waals surface area contributed by atoms with Gasteiger partial charge in [-0.05, 0) is 54.7 Å². The number of hydrogen-bond donors (Lipinski definition) is 1. The van der Waals surface area contributed by atoms with Gasteiger partial charge in [-0.2, -0.15) is 0 Å². The number of hydrogen-bond acceptors (Lipinski definition) is 1. The van der Waals surface area contributed by atoms with Crippen LogP contribution in [0, 0.1) is 0 Å². The molecule has 0 fully saturated rings. The van der Waals surface area contributed by atoms with Gasteiger partial charge < -0.3 is 5.73 Å². The summed E-state index contributed by atoms with van der Waals surface area (Å²) in [5, 5.41) is 0. The fraction of sp³-hybridized carbons (Fsp3) is 0.154. The third-order valence-electron chi connectivity index (χ3n) is 5.37. The normalized spacial score (nSPS) is 18.7. The summed E-state index contributed by atoms with van der Waals surface area (Å²) >= 11 is 0. The molecule has 0 radical (unpaired) electrons. The molecule has 2 aromatic carbocycles. The molecule has 0 saturated carbocycles. The van der Waals surface area contributed by atoms with Gasteiger partial charge in [-0.3, -0.25) is 0 Å². The van der Waals surface area contributed by atoms with E-state index in [9.17, 15) is 0 Å². The van der Waals surface area contributed by atoms with E-state index in [1.807, 2.05) is 26.0 Å². The van der Waals surface area contributed by atoms with Crippen LogP contribution in [0.3, 0.4) is 0 Å². The summed E-state index contributed by atoms with van der Waals surface area (Å²) in [5.41, 5.74) is 13.7. The van der Waals surface area contributed by atoms with Crippen molar-refractivity contribution in [2.24, 2.45) is 5.73 Å². The van der Waals surface area contributed by atoms with Crippen LogP contribution in [0.4, 0.5) is 0 Å². The first kappa shape index (κ1) is 18.7. The Morgan fingerprint density at radius 3 is 1.85 bits per heavy atom. The summed E-state index contributed by atoms with van der Waals surface area (Å²) in [4.78, 5) is 0. The second-order valence-corrected chi connectivity index (χ2v) is 6.83. The fourth-order valence-corrected chi connectivity index (χ4v) is 4.26. The van der Waals surface area contributed by atoms with E-state index in [0.29, 0.717) is 0 Å². The zero-order chi connectivity index (χ0) is 19.4. The third-order valence-corrected chi connectivity index (χ3v) is 5.37. The summed E-state index contributed by atoms with van der Waals surface area (Å²) in [6, 6.07) is 21.2. The van der Waals surface area contributed by atoms with E-state index in [0.717, 1.165) is 22.4 Å². The minimum Gasteiger partial charge on any atom is -0.398 e. The second-order valence-electron chi connectivity index (χ2n) is 6.83. The number of nitrogens with two attached hydrogens (primary N) is 1. The highest BCUT2D eigenvalue weighted by molar-refractivity contribution is 5.76. The Morgan fingerprint density at radius 1 is 0.889 bits per heavy atom. The summed E-state index contributed by atoms with van der Waals surface area (Å²) in [7, 11) is 0. The van der Waals surface area contributed by atoms with Crippen LogP contribution in [0.5, 0.6) is 0 Å². The predicted octanol–water partition coefficient (Wildman–Crippen LogP) is 6.22. The summed E-state index contributed by atoms with van der Waals surface area (Å²) in [5.74, 6) is 0. The molecule has 0 spiro atoms. The highest BCUT2D eigenvalue weighted by Crippen LogP contribution is 2.55. The zero-order valence-corrected chi connectivity index (χ0v) is 16.4. The minimum absolute atomic E-state index is 0.418. The van der Waals surface area contributed by atoms with Crippen LogP contribution in [0.15, 0.2) is 120 Å². The minimum atomic E-state index is -0.418. The van der Waals surface area contributed by atoms with Crippen molar-refractivity contribution in [1.82, 2.24) is 0 Å². The quantitative estimate of drug-likeness (QED) is 0.693. The average molecular weight is 354 g/mol. The first-order valence-electron chi connectivity index (χ1n) is 9.36. The van der Waals surface area contributed by atoms with E-state index in [-0.39, 0.29) is 0 Å². The second kappa shape index (κ2) is 7.67. The number of rotatable bonds is 4. The van der Waals surface area contributed by atoms with Gasteiger partial charge in [0.25, 0.3) is 0 Å². The molecule has 1 heteroatoms. The van der Waals surface area contributed by atoms with Crippen molar-refractivity contribution in [2.45, 2.75) is 26.2 Å². The van der Waals surface area contributed by atoms with Crippen LogP contribution >= 0.6 is 0 Å². The van der Waals surface area contributed by atoms with Gasteiger partial charge in [0.1, 0.15) is 0 Å². The monoisotopic (exact) mass is 353 g/mol. The van der Waals surface area contributed by atoms with E-state index in [4.69, 9.17) is 5.73 Å². The molecule has 0 aliphatic heterocycles. The van der Waals surface area contributed by atoms with Crippen LogP contribution in [0.25, 0.3) is 0 Å². The molecule has 136 valence electrons. The molecule has 2 N–H and O–H groups in total. The smallest absolute Gasteiger partial charge is 0.0668 e. The van der Waals surface area contributed by atoms with Crippen molar-refractivity contribution in [1.29, 1.82) is 0 Å². The van der Waals surface area contributed by atoms with Crippen LogP contribution in [0.1, 0.15) is 31.9 Å². The van der Waals surface area contributed by atoms with Crippen LogP contribution in [-0.2, 0) is 5.41 Å². The van der Waals surface area contributed by atoms with Gasteiger partial charge >= 0.3 is 0 Å². The van der Waals surface area contributed by atoms with Crippen LogP contribution in [-0.4, -0.2) is 0 Å². The van der Waals surface area contributed by atoms with E-state index in [2.05, 4.69) is 86.3 Å². The Labute approximate surface area is 162 Å². The maximum Gasteiger partial charge on any atom is 0.0668 e. The SMILES string of the molecule is C=C1/C(=C(N)\C=C/C)C(/C=C\C)=C(C)C1(c1ccccc1)c1ccccc1. The van der Waals surface area contributed by atoms with Gasteiger partial charge in [-0.15, -0.1) is 0 Å². The van der Waals surface area contributed by atoms with E-state index < -0.39 is 5.41 Å². The lowest BCUT2D eigenvalue weighted by Crippen LogP contribution is -2.29. The molecule has 3 rings (SSSR count). The van der Waals surface area contributed by atoms with Gasteiger partial charge in [-0.25, -0.2) is 0 Å². The third kappa shape index (κ3) is 2.90. The zero-order valence-electron chi connectivity index (χ0n) is 16.4. The fourth-order valence-electron chi connectivity index (χ4n) is 4.26. The summed E-state index contributed by atoms with van der Waals surface area (Å²) in [6.45, 7) is 10.8. The van der Waals surface area contributed by atoms with Crippen LogP contribution < -0.4 is 5.73 Å². The first-order valence-corrected chi connectivity index (χ1v) is 9.36. The average Bonchev–Trinajstić information content (AvgIpc) is 2.91. The highest BCUT2D eigenvalue weighted by Gasteiger charge is 2.47. The predicted molar refractivity (Wildman–Crippen MR) is 116 cm³/mol. The Kier molecular flexibility index (Phi) is 5.32. The van der Waals surface area contributed by atoms with Crippen molar-refractivity contribution in [3.05, 3.63) is 131 Å². The molecule has 0 aromatic heterocycles. The van der Waals surface area contributed by atoms with E-state index in [1.54, 1.807) is 0 Å². The van der Waals surface area contributed by atoms with E-state index in [1.165, 1.54) is 16.7 Å². The molecule has 0 saturated heterocycles.